The third-order valence-corrected chi connectivity index (χ3v) is 4.62. The Balaban J connectivity index is 2.26. The lowest BCUT2D eigenvalue weighted by Gasteiger charge is -2.26. The number of alkyl halides is 1. The van der Waals surface area contributed by atoms with Crippen LogP contribution >= 0.6 is 15.9 Å². The molecule has 0 saturated heterocycles. The fourth-order valence-corrected chi connectivity index (χ4v) is 3.47. The Morgan fingerprint density at radius 1 is 1.28 bits per heavy atom. The summed E-state index contributed by atoms with van der Waals surface area (Å²) in [5.41, 5.74) is 0. The van der Waals surface area contributed by atoms with Crippen molar-refractivity contribution >= 4 is 21.8 Å². The smallest absolute Gasteiger partial charge is 0.223 e. The summed E-state index contributed by atoms with van der Waals surface area (Å²) in [5, 5.41) is 4.21. The van der Waals surface area contributed by atoms with Gasteiger partial charge in [-0.3, -0.25) is 4.79 Å². The van der Waals surface area contributed by atoms with E-state index in [1.807, 2.05) is 0 Å². The van der Waals surface area contributed by atoms with E-state index in [1.165, 1.54) is 25.7 Å². The lowest BCUT2D eigenvalue weighted by molar-refractivity contribution is -0.126. The quantitative estimate of drug-likeness (QED) is 0.703. The molecule has 18 heavy (non-hydrogen) atoms. The van der Waals surface area contributed by atoms with Crippen LogP contribution < -0.4 is 5.32 Å². The molecule has 3 heteroatoms. The molecule has 0 aliphatic heterocycles. The van der Waals surface area contributed by atoms with Crippen LogP contribution in [0.1, 0.15) is 58.8 Å². The SMILES string of the molecule is CCCC(CCBr)CNC(=O)C1CCC(C)CC1. The minimum Gasteiger partial charge on any atom is -0.356 e. The van der Waals surface area contributed by atoms with Gasteiger partial charge in [-0.2, -0.15) is 0 Å². The van der Waals surface area contributed by atoms with Crippen molar-refractivity contribution in [1.82, 2.24) is 5.32 Å². The van der Waals surface area contributed by atoms with Gasteiger partial charge in [-0.15, -0.1) is 0 Å². The Hall–Kier alpha value is -0.0500. The van der Waals surface area contributed by atoms with Gasteiger partial charge < -0.3 is 5.32 Å². The summed E-state index contributed by atoms with van der Waals surface area (Å²) in [6, 6.07) is 0. The number of amides is 1. The Labute approximate surface area is 120 Å². The first-order valence-electron chi connectivity index (χ1n) is 7.51. The van der Waals surface area contributed by atoms with E-state index in [1.54, 1.807) is 0 Å². The van der Waals surface area contributed by atoms with Crippen LogP contribution in [0.15, 0.2) is 0 Å². The summed E-state index contributed by atoms with van der Waals surface area (Å²) in [4.78, 5) is 12.1. The molecule has 1 fully saturated rings. The Morgan fingerprint density at radius 2 is 1.94 bits per heavy atom. The first-order chi connectivity index (χ1) is 8.67. The van der Waals surface area contributed by atoms with Crippen molar-refractivity contribution in [3.63, 3.8) is 0 Å². The van der Waals surface area contributed by atoms with Gasteiger partial charge in [0.05, 0.1) is 0 Å². The van der Waals surface area contributed by atoms with Crippen LogP contribution in [0, 0.1) is 17.8 Å². The topological polar surface area (TPSA) is 29.1 Å². The number of nitrogens with one attached hydrogen (secondary N) is 1. The zero-order valence-corrected chi connectivity index (χ0v) is 13.5. The second kappa shape index (κ2) is 8.95. The second-order valence-electron chi connectivity index (χ2n) is 5.83. The first kappa shape index (κ1) is 16.0. The fourth-order valence-electron chi connectivity index (χ4n) is 2.82. The van der Waals surface area contributed by atoms with Gasteiger partial charge in [-0.1, -0.05) is 36.2 Å². The first-order valence-corrected chi connectivity index (χ1v) is 8.63. The van der Waals surface area contributed by atoms with Crippen molar-refractivity contribution in [3.05, 3.63) is 0 Å². The molecule has 0 aromatic carbocycles. The van der Waals surface area contributed by atoms with E-state index < -0.39 is 0 Å². The van der Waals surface area contributed by atoms with Crippen LogP contribution in [-0.4, -0.2) is 17.8 Å². The zero-order chi connectivity index (χ0) is 13.4. The van der Waals surface area contributed by atoms with E-state index in [0.29, 0.717) is 11.8 Å². The lowest BCUT2D eigenvalue weighted by Crippen LogP contribution is -2.36. The Bertz CT molecular complexity index is 231. The predicted molar refractivity (Wildman–Crippen MR) is 80.9 cm³/mol. The van der Waals surface area contributed by atoms with Crippen molar-refractivity contribution in [2.45, 2.75) is 58.8 Å². The average Bonchev–Trinajstić information content (AvgIpc) is 2.37. The van der Waals surface area contributed by atoms with E-state index in [4.69, 9.17) is 0 Å². The summed E-state index contributed by atoms with van der Waals surface area (Å²) in [5.74, 6) is 2.04. The molecule has 106 valence electrons. The summed E-state index contributed by atoms with van der Waals surface area (Å²) in [6.07, 6.45) is 8.20. The molecule has 0 radical (unpaired) electrons. The van der Waals surface area contributed by atoms with Gasteiger partial charge in [0.1, 0.15) is 0 Å². The third-order valence-electron chi connectivity index (χ3n) is 4.17. The Morgan fingerprint density at radius 3 is 2.50 bits per heavy atom. The largest absolute Gasteiger partial charge is 0.356 e. The van der Waals surface area contributed by atoms with Gasteiger partial charge in [-0.05, 0) is 50.4 Å². The molecular weight excluding hydrogens is 290 g/mol. The van der Waals surface area contributed by atoms with Crippen molar-refractivity contribution in [2.24, 2.45) is 17.8 Å². The molecule has 0 bridgehead atoms. The molecule has 0 aromatic rings. The number of carbonyl (C=O) groups is 1. The zero-order valence-electron chi connectivity index (χ0n) is 11.9. The molecule has 0 aromatic heterocycles. The third kappa shape index (κ3) is 5.73. The highest BCUT2D eigenvalue weighted by atomic mass is 79.9. The van der Waals surface area contributed by atoms with E-state index in [9.17, 15) is 4.79 Å². The van der Waals surface area contributed by atoms with Gasteiger partial charge >= 0.3 is 0 Å². The van der Waals surface area contributed by atoms with Gasteiger partial charge in [0.2, 0.25) is 5.91 Å². The van der Waals surface area contributed by atoms with Crippen LogP contribution in [0.3, 0.4) is 0 Å². The minimum absolute atomic E-state index is 0.285. The number of hydrogen-bond acceptors (Lipinski definition) is 1. The van der Waals surface area contributed by atoms with Crippen LogP contribution in [0.5, 0.6) is 0 Å². The summed E-state index contributed by atoms with van der Waals surface area (Å²) < 4.78 is 0. The van der Waals surface area contributed by atoms with Gasteiger partial charge in [0, 0.05) is 17.8 Å². The standard InChI is InChI=1S/C15H28BrNO/c1-3-4-13(9-10-16)11-17-15(18)14-7-5-12(2)6-8-14/h12-14H,3-11H2,1-2H3,(H,17,18). The Kier molecular flexibility index (Phi) is 7.96. The van der Waals surface area contributed by atoms with Gasteiger partial charge in [-0.25, -0.2) is 0 Å². The van der Waals surface area contributed by atoms with Gasteiger partial charge in [0.15, 0.2) is 0 Å². The van der Waals surface area contributed by atoms with Gasteiger partial charge in [0.25, 0.3) is 0 Å². The van der Waals surface area contributed by atoms with E-state index in [0.717, 1.165) is 37.1 Å². The van der Waals surface area contributed by atoms with Crippen LogP contribution in [-0.2, 0) is 4.79 Å². The molecule has 1 amide bonds. The molecule has 1 aliphatic rings. The maximum Gasteiger partial charge on any atom is 0.223 e. The summed E-state index contributed by atoms with van der Waals surface area (Å²) >= 11 is 3.50. The predicted octanol–water partition coefficient (Wildman–Crippen LogP) is 4.13. The number of hydrogen-bond donors (Lipinski definition) is 1. The summed E-state index contributed by atoms with van der Waals surface area (Å²) in [7, 11) is 0. The lowest BCUT2D eigenvalue weighted by atomic mass is 9.82. The van der Waals surface area contributed by atoms with E-state index in [2.05, 4.69) is 35.1 Å². The number of carbonyl (C=O) groups excluding carboxylic acids is 1. The molecule has 1 unspecified atom stereocenters. The number of rotatable bonds is 7. The summed E-state index contributed by atoms with van der Waals surface area (Å²) in [6.45, 7) is 5.37. The minimum atomic E-state index is 0.285. The van der Waals surface area contributed by atoms with Crippen molar-refractivity contribution in [1.29, 1.82) is 0 Å². The van der Waals surface area contributed by atoms with E-state index >= 15 is 0 Å². The van der Waals surface area contributed by atoms with Crippen molar-refractivity contribution < 1.29 is 4.79 Å². The van der Waals surface area contributed by atoms with E-state index in [-0.39, 0.29) is 5.92 Å². The van der Waals surface area contributed by atoms with Crippen LogP contribution in [0.4, 0.5) is 0 Å². The highest BCUT2D eigenvalue weighted by Crippen LogP contribution is 2.28. The maximum absolute atomic E-state index is 12.1. The van der Waals surface area contributed by atoms with Crippen molar-refractivity contribution in [2.75, 3.05) is 11.9 Å². The molecular formula is C15H28BrNO. The maximum atomic E-state index is 12.1. The fraction of sp³-hybridized carbons (Fsp3) is 0.933. The monoisotopic (exact) mass is 317 g/mol. The molecule has 0 heterocycles. The molecule has 1 atom stereocenters. The second-order valence-corrected chi connectivity index (χ2v) is 6.63. The highest BCUT2D eigenvalue weighted by molar-refractivity contribution is 9.09. The molecule has 1 aliphatic carbocycles. The number of halogens is 1. The normalized spacial score (nSPS) is 25.7. The molecule has 2 nitrogen and oxygen atoms in total. The van der Waals surface area contributed by atoms with Crippen molar-refractivity contribution in [3.8, 4) is 0 Å². The highest BCUT2D eigenvalue weighted by Gasteiger charge is 2.24. The molecule has 1 rings (SSSR count). The molecule has 1 N–H and O–H groups in total. The van der Waals surface area contributed by atoms with Crippen LogP contribution in [0.25, 0.3) is 0 Å². The van der Waals surface area contributed by atoms with Crippen LogP contribution in [0.2, 0.25) is 0 Å². The molecule has 0 spiro atoms. The molecule has 1 saturated carbocycles. The average molecular weight is 318 g/mol.